The summed E-state index contributed by atoms with van der Waals surface area (Å²) >= 11 is 5.92. The molecule has 1 fully saturated rings. The first kappa shape index (κ1) is 17.2. The Balaban J connectivity index is 2.19. The molecular formula is C17H19ClN2O3. The van der Waals surface area contributed by atoms with Crippen molar-refractivity contribution >= 4 is 23.6 Å². The largest absolute Gasteiger partial charge is 0.503 e. The van der Waals surface area contributed by atoms with E-state index in [0.29, 0.717) is 5.56 Å². The quantitative estimate of drug-likeness (QED) is 0.653. The van der Waals surface area contributed by atoms with Crippen LogP contribution in [-0.2, 0) is 4.79 Å². The summed E-state index contributed by atoms with van der Waals surface area (Å²) in [7, 11) is 1.40. The molecule has 0 radical (unpaired) electrons. The zero-order valence-corrected chi connectivity index (χ0v) is 13.7. The van der Waals surface area contributed by atoms with Crippen molar-refractivity contribution in [2.24, 2.45) is 0 Å². The molecule has 0 saturated heterocycles. The molecule has 122 valence electrons. The van der Waals surface area contributed by atoms with E-state index in [1.165, 1.54) is 31.7 Å². The number of rotatable bonds is 4. The molecule has 1 amide bonds. The lowest BCUT2D eigenvalue weighted by molar-refractivity contribution is -0.117. The number of halogens is 1. The van der Waals surface area contributed by atoms with Gasteiger partial charge in [-0.1, -0.05) is 30.9 Å². The average Bonchev–Trinajstić information content (AvgIpc) is 2.56. The topological polar surface area (TPSA) is 82.3 Å². The van der Waals surface area contributed by atoms with E-state index in [-0.39, 0.29) is 34.0 Å². The minimum absolute atomic E-state index is 0.000571. The molecule has 0 bridgehead atoms. The number of ether oxygens (including phenoxy) is 1. The number of nitrogens with zero attached hydrogens (tertiary/aromatic N) is 1. The number of hydrogen-bond acceptors (Lipinski definition) is 4. The highest BCUT2D eigenvalue weighted by molar-refractivity contribution is 6.32. The SMILES string of the molecule is COc1cc(/C=C(\C#N)C(=O)NC2CCCCC2)cc(Cl)c1O. The second kappa shape index (κ2) is 7.89. The maximum atomic E-state index is 12.2. The van der Waals surface area contributed by atoms with Crippen molar-refractivity contribution < 1.29 is 14.6 Å². The first-order chi connectivity index (χ1) is 11.0. The molecule has 6 heteroatoms. The van der Waals surface area contributed by atoms with Crippen LogP contribution >= 0.6 is 11.6 Å². The first-order valence-electron chi connectivity index (χ1n) is 7.54. The number of phenols is 1. The van der Waals surface area contributed by atoms with Crippen molar-refractivity contribution in [3.8, 4) is 17.6 Å². The van der Waals surface area contributed by atoms with Crippen LogP contribution in [0.15, 0.2) is 17.7 Å². The van der Waals surface area contributed by atoms with E-state index in [9.17, 15) is 15.2 Å². The van der Waals surface area contributed by atoms with E-state index < -0.39 is 0 Å². The lowest BCUT2D eigenvalue weighted by atomic mass is 9.95. The molecule has 0 aromatic heterocycles. The highest BCUT2D eigenvalue weighted by Gasteiger charge is 2.18. The predicted octanol–water partition coefficient (Wildman–Crippen LogP) is 3.41. The number of methoxy groups -OCH3 is 1. The van der Waals surface area contributed by atoms with E-state index in [0.717, 1.165) is 25.7 Å². The number of phenolic OH excluding ortho intramolecular Hbond substituents is 1. The van der Waals surface area contributed by atoms with Gasteiger partial charge in [0.2, 0.25) is 0 Å². The van der Waals surface area contributed by atoms with Crippen molar-refractivity contribution in [3.63, 3.8) is 0 Å². The van der Waals surface area contributed by atoms with Gasteiger partial charge in [-0.2, -0.15) is 5.26 Å². The van der Waals surface area contributed by atoms with Gasteiger partial charge < -0.3 is 15.2 Å². The molecule has 5 nitrogen and oxygen atoms in total. The van der Waals surface area contributed by atoms with Gasteiger partial charge in [0.15, 0.2) is 11.5 Å². The molecule has 1 aliphatic carbocycles. The van der Waals surface area contributed by atoms with E-state index in [1.807, 2.05) is 6.07 Å². The van der Waals surface area contributed by atoms with Crippen LogP contribution in [0.5, 0.6) is 11.5 Å². The summed E-state index contributed by atoms with van der Waals surface area (Å²) < 4.78 is 5.02. The van der Waals surface area contributed by atoms with Gasteiger partial charge in [0, 0.05) is 6.04 Å². The van der Waals surface area contributed by atoms with Gasteiger partial charge in [0.05, 0.1) is 12.1 Å². The number of benzene rings is 1. The zero-order valence-electron chi connectivity index (χ0n) is 12.9. The van der Waals surface area contributed by atoms with Crippen LogP contribution in [0.3, 0.4) is 0 Å². The van der Waals surface area contributed by atoms with Gasteiger partial charge in [-0.05, 0) is 36.6 Å². The lowest BCUT2D eigenvalue weighted by Gasteiger charge is -2.22. The molecule has 1 aromatic rings. The minimum Gasteiger partial charge on any atom is -0.503 e. The Morgan fingerprint density at radius 1 is 1.43 bits per heavy atom. The van der Waals surface area contributed by atoms with Gasteiger partial charge in [-0.25, -0.2) is 0 Å². The van der Waals surface area contributed by atoms with Gasteiger partial charge in [-0.15, -0.1) is 0 Å². The fourth-order valence-corrected chi connectivity index (χ4v) is 2.88. The fourth-order valence-electron chi connectivity index (χ4n) is 2.66. The summed E-state index contributed by atoms with van der Waals surface area (Å²) in [4.78, 5) is 12.2. The predicted molar refractivity (Wildman–Crippen MR) is 88.3 cm³/mol. The Kier molecular flexibility index (Phi) is 5.89. The maximum absolute atomic E-state index is 12.2. The van der Waals surface area contributed by atoms with Gasteiger partial charge in [0.1, 0.15) is 11.6 Å². The van der Waals surface area contributed by atoms with Crippen molar-refractivity contribution in [1.82, 2.24) is 5.32 Å². The smallest absolute Gasteiger partial charge is 0.262 e. The van der Waals surface area contributed by atoms with Gasteiger partial charge in [0.25, 0.3) is 5.91 Å². The van der Waals surface area contributed by atoms with Crippen LogP contribution in [0.2, 0.25) is 5.02 Å². The molecule has 0 spiro atoms. The summed E-state index contributed by atoms with van der Waals surface area (Å²) in [5.74, 6) is -0.368. The van der Waals surface area contributed by atoms with E-state index in [1.54, 1.807) is 0 Å². The Morgan fingerprint density at radius 3 is 2.74 bits per heavy atom. The second-order valence-corrected chi connectivity index (χ2v) is 5.94. The van der Waals surface area contributed by atoms with Crippen LogP contribution in [0.25, 0.3) is 6.08 Å². The van der Waals surface area contributed by atoms with E-state index in [4.69, 9.17) is 16.3 Å². The van der Waals surface area contributed by atoms with Crippen LogP contribution in [-0.4, -0.2) is 24.2 Å². The zero-order chi connectivity index (χ0) is 16.8. The third kappa shape index (κ3) is 4.40. The van der Waals surface area contributed by atoms with Gasteiger partial charge >= 0.3 is 0 Å². The molecule has 0 unspecified atom stereocenters. The lowest BCUT2D eigenvalue weighted by Crippen LogP contribution is -2.36. The number of carbonyl (C=O) groups excluding carboxylic acids is 1. The Morgan fingerprint density at radius 2 is 2.13 bits per heavy atom. The first-order valence-corrected chi connectivity index (χ1v) is 7.92. The monoisotopic (exact) mass is 334 g/mol. The van der Waals surface area contributed by atoms with Crippen molar-refractivity contribution in [3.05, 3.63) is 28.3 Å². The molecule has 0 aliphatic heterocycles. The highest BCUT2D eigenvalue weighted by Crippen LogP contribution is 2.35. The fraction of sp³-hybridized carbons (Fsp3) is 0.412. The molecule has 23 heavy (non-hydrogen) atoms. The molecule has 1 saturated carbocycles. The molecule has 0 atom stereocenters. The minimum atomic E-state index is -0.387. The third-order valence-electron chi connectivity index (χ3n) is 3.89. The van der Waals surface area contributed by atoms with Crippen molar-refractivity contribution in [2.75, 3.05) is 7.11 Å². The third-order valence-corrected chi connectivity index (χ3v) is 4.18. The van der Waals surface area contributed by atoms with Crippen LogP contribution in [0, 0.1) is 11.3 Å². The van der Waals surface area contributed by atoms with Crippen molar-refractivity contribution in [2.45, 2.75) is 38.1 Å². The number of nitriles is 1. The number of amides is 1. The van der Waals surface area contributed by atoms with Crippen LogP contribution in [0.1, 0.15) is 37.7 Å². The summed E-state index contributed by atoms with van der Waals surface area (Å²) in [5.41, 5.74) is 0.513. The Hall–Kier alpha value is -2.19. The normalized spacial score (nSPS) is 15.8. The molecule has 1 aromatic carbocycles. The van der Waals surface area contributed by atoms with E-state index in [2.05, 4.69) is 5.32 Å². The van der Waals surface area contributed by atoms with Crippen LogP contribution in [0.4, 0.5) is 0 Å². The van der Waals surface area contributed by atoms with Crippen LogP contribution < -0.4 is 10.1 Å². The summed E-state index contributed by atoms with van der Waals surface area (Å²) in [6.45, 7) is 0. The Labute approximate surface area is 140 Å². The number of carbonyl (C=O) groups is 1. The summed E-state index contributed by atoms with van der Waals surface area (Å²) in [6.07, 6.45) is 6.72. The maximum Gasteiger partial charge on any atom is 0.262 e. The standard InChI is InChI=1S/C17H19ClN2O3/c1-23-15-9-11(8-14(18)16(15)21)7-12(10-19)17(22)20-13-5-3-2-4-6-13/h7-9,13,21H,2-6H2,1H3,(H,20,22)/b12-7+. The Bertz CT molecular complexity index is 659. The second-order valence-electron chi connectivity index (χ2n) is 5.53. The van der Waals surface area contributed by atoms with Gasteiger partial charge in [-0.3, -0.25) is 4.79 Å². The number of hydrogen-bond donors (Lipinski definition) is 2. The molecule has 0 heterocycles. The number of aromatic hydroxyl groups is 1. The van der Waals surface area contributed by atoms with E-state index >= 15 is 0 Å². The summed E-state index contributed by atoms with van der Waals surface area (Å²) in [5, 5.41) is 22.0. The average molecular weight is 335 g/mol. The van der Waals surface area contributed by atoms with Crippen molar-refractivity contribution in [1.29, 1.82) is 5.26 Å². The highest BCUT2D eigenvalue weighted by atomic mass is 35.5. The number of nitrogens with one attached hydrogen (secondary N) is 1. The summed E-state index contributed by atoms with van der Waals surface area (Å²) in [6, 6.07) is 5.04. The molecular weight excluding hydrogens is 316 g/mol. The molecule has 1 aliphatic rings. The molecule has 2 N–H and O–H groups in total. The molecule has 2 rings (SSSR count).